The van der Waals surface area contributed by atoms with Gasteiger partial charge in [0.25, 0.3) is 0 Å². The summed E-state index contributed by atoms with van der Waals surface area (Å²) in [5.74, 6) is 0. The van der Waals surface area contributed by atoms with E-state index in [-0.39, 0.29) is 28.4 Å². The van der Waals surface area contributed by atoms with E-state index in [1.165, 1.54) is 38.6 Å². The normalized spacial score (nSPS) is 12.3. The first-order valence-electron chi connectivity index (χ1n) is 44.5. The molecule has 0 amide bonds. The van der Waals surface area contributed by atoms with Gasteiger partial charge in [-0.15, -0.1) is 0 Å². The SMILES string of the molecule is Cc1ccc2c(=O)c3cc([P+](=S)c4ccc5c(c4)c(=O)c4ccc(C)c6c(=O)c7ccccc7n5c46)ccc3n3c4ccccc4c(=O)c1c23.S=c1c2ccccc2n2c3ccc(-c4ccc5c(c4)N(c4ccccc4)c4cc(-c6ccc7c(c6)c(=S)c6cccc8c(=S)c9ccccc9n7c86)ccc4B5c4c(-c5ccccc5)cccc4-c4ccccc4)cc3c(=S)c3cccc1c32. The van der Waals surface area contributed by atoms with Gasteiger partial charge in [-0.25, -0.2) is 0 Å². The molecule has 0 spiro atoms. The smallest absolute Gasteiger partial charge is 0.250 e. The number of benzene rings is 18. The summed E-state index contributed by atoms with van der Waals surface area (Å²) in [6.45, 7) is 2.22. The van der Waals surface area contributed by atoms with Crippen LogP contribution in [0.4, 0.5) is 17.1 Å². The van der Waals surface area contributed by atoms with Crippen molar-refractivity contribution in [2.24, 2.45) is 0 Å². The molecule has 1 aliphatic rings. The minimum absolute atomic E-state index is 0.0799. The number of nitrogens with zero attached hydrogens (tertiary/aromatic N) is 5. The van der Waals surface area contributed by atoms with E-state index in [9.17, 15) is 19.2 Å². The molecule has 26 aromatic rings. The van der Waals surface area contributed by atoms with Crippen LogP contribution in [0, 0.1) is 31.9 Å². The Morgan fingerprint density at radius 2 is 0.567 bits per heavy atom. The van der Waals surface area contributed by atoms with Crippen molar-refractivity contribution in [1.29, 1.82) is 0 Å². The van der Waals surface area contributed by atoms with Gasteiger partial charge >= 0.3 is 0 Å². The summed E-state index contributed by atoms with van der Waals surface area (Å²) in [5.41, 5.74) is 27.7. The van der Waals surface area contributed by atoms with Gasteiger partial charge < -0.3 is 22.5 Å². The van der Waals surface area contributed by atoms with Gasteiger partial charge in [0.2, 0.25) is 13.4 Å². The number of pyridine rings is 8. The van der Waals surface area contributed by atoms with Gasteiger partial charge in [0.15, 0.2) is 44.1 Å². The van der Waals surface area contributed by atoms with Gasteiger partial charge in [0.1, 0.15) is 0 Å². The molecule has 16 heteroatoms. The van der Waals surface area contributed by atoms with Crippen LogP contribution < -0.4 is 53.6 Å². The van der Waals surface area contributed by atoms with Gasteiger partial charge in [-0.1, -0.05) is 297 Å². The molecule has 27 rings (SSSR count). The van der Waals surface area contributed by atoms with Crippen molar-refractivity contribution in [3.63, 3.8) is 0 Å². The summed E-state index contributed by atoms with van der Waals surface area (Å²) in [4.78, 5) is 58.1. The third-order valence-electron chi connectivity index (χ3n) is 28.0. The number of hydrogen-bond acceptors (Lipinski definition) is 10. The molecule has 0 fully saturated rings. The molecule has 8 aromatic heterocycles. The molecular formula is C118H68BN5O4PS5+. The molecule has 626 valence electrons. The van der Waals surface area contributed by atoms with Gasteiger partial charge in [-0.3, -0.25) is 19.2 Å². The van der Waals surface area contributed by atoms with Crippen LogP contribution in [-0.2, 0) is 11.8 Å². The molecule has 1 aliphatic heterocycles. The van der Waals surface area contributed by atoms with Crippen LogP contribution in [0.3, 0.4) is 0 Å². The van der Waals surface area contributed by atoms with E-state index in [0.717, 1.165) is 166 Å². The highest BCUT2D eigenvalue weighted by Gasteiger charge is 2.40. The quantitative estimate of drug-likeness (QED) is 0.0482. The van der Waals surface area contributed by atoms with Crippen LogP contribution in [-0.4, -0.2) is 24.3 Å². The van der Waals surface area contributed by atoms with Crippen LogP contribution in [0.1, 0.15) is 11.1 Å². The zero-order valence-electron chi connectivity index (χ0n) is 71.7. The second-order valence-electron chi connectivity index (χ2n) is 35.1. The molecular weight excluding hydrogens is 1750 g/mol. The standard InChI is InChI=1S/C76H44BN3S4.C42H24N2O4PS/c81-73-54-23-10-12-31-64(54)79-66-39-35-47(41-60(66)75(83)58-29-15-27-56(73)71(58)79)49-33-37-62-68(43-49)78(51-21-8-3-9-22-51)69-44-50(34-38-63(69)77(62)70-52(45-17-4-1-5-18-45)25-14-26-53(70)46-19-6-2-7-20-46)48-36-40-67-61(42-48)76(84)59-30-16-28-57-72(59)80(67)65-32-13-11-24-55(65)74(57)82;1-21-11-15-27-37-35(21)41(47)25-7-3-5-9-31(25)43(37)33-17-13-23(19-29(33)39(27)45)49(50)24-14-18-34-30(20-24)40(46)28-16-12-22(2)36-38(28)44(34)32-10-6-4-8-26(32)42(36)48/h1-44H;3-20H,1-2H3/q;+1. The van der Waals surface area contributed by atoms with Crippen LogP contribution in [0.2, 0.25) is 0 Å². The predicted molar refractivity (Wildman–Crippen MR) is 577 cm³/mol. The summed E-state index contributed by atoms with van der Waals surface area (Å²) in [6.07, 6.45) is 0. The number of hydrogen-bond donors (Lipinski definition) is 0. The highest BCUT2D eigenvalue weighted by molar-refractivity contribution is 8.12. The molecule has 0 saturated heterocycles. The number of rotatable bonds is 8. The van der Waals surface area contributed by atoms with Crippen molar-refractivity contribution >= 4 is 271 Å². The Morgan fingerprint density at radius 3 is 0.993 bits per heavy atom. The Labute approximate surface area is 791 Å². The number of aromatic nitrogens is 4. The third kappa shape index (κ3) is 11.6. The molecule has 9 nitrogen and oxygen atoms in total. The summed E-state index contributed by atoms with van der Waals surface area (Å²) in [5, 5.41) is 14.2. The third-order valence-corrected chi connectivity index (χ3v) is 32.5. The zero-order valence-corrected chi connectivity index (χ0v) is 76.7. The highest BCUT2D eigenvalue weighted by Crippen LogP contribution is 2.45. The van der Waals surface area contributed by atoms with Crippen LogP contribution in [0.25, 0.3) is 197 Å². The molecule has 0 radical (unpaired) electrons. The minimum Gasteiger partial charge on any atom is -0.311 e. The molecule has 134 heavy (non-hydrogen) atoms. The molecule has 0 atom stereocenters. The Hall–Kier alpha value is -15.4. The fourth-order valence-corrected chi connectivity index (χ4v) is 25.2. The first-order valence-corrected chi connectivity index (χ1v) is 48.5. The molecule has 0 bridgehead atoms. The largest absolute Gasteiger partial charge is 0.311 e. The Morgan fingerprint density at radius 1 is 0.246 bits per heavy atom. The molecule has 0 unspecified atom stereocenters. The Balaban J connectivity index is 0.000000159. The Bertz CT molecular complexity index is 9770. The van der Waals surface area contributed by atoms with Gasteiger partial charge in [0, 0.05) is 93.8 Å². The second kappa shape index (κ2) is 30.3. The second-order valence-corrected chi connectivity index (χ2v) is 39.4. The lowest BCUT2D eigenvalue weighted by molar-refractivity contribution is 1.29. The maximum absolute atomic E-state index is 14.1. The van der Waals surface area contributed by atoms with E-state index in [2.05, 4.69) is 281 Å². The summed E-state index contributed by atoms with van der Waals surface area (Å²) >= 11 is 31.5. The average Bonchev–Trinajstić information content (AvgIpc) is 0.728. The zero-order chi connectivity index (χ0) is 90.1. The van der Waals surface area contributed by atoms with Crippen LogP contribution >= 0.6 is 55.6 Å². The summed E-state index contributed by atoms with van der Waals surface area (Å²) in [7, 11) is 0. The summed E-state index contributed by atoms with van der Waals surface area (Å²) < 4.78 is 12.2. The molecule has 0 aliphatic carbocycles. The summed E-state index contributed by atoms with van der Waals surface area (Å²) in [6, 6.07) is 131. The van der Waals surface area contributed by atoms with Crippen molar-refractivity contribution in [3.05, 3.63) is 446 Å². The topological polar surface area (TPSA) is 89.2 Å². The maximum atomic E-state index is 14.1. The van der Waals surface area contributed by atoms with Crippen molar-refractivity contribution in [2.75, 3.05) is 4.90 Å². The van der Waals surface area contributed by atoms with Gasteiger partial charge in [-0.05, 0) is 202 Å². The van der Waals surface area contributed by atoms with E-state index in [0.29, 0.717) is 65.2 Å². The van der Waals surface area contributed by atoms with Gasteiger partial charge in [-0.2, -0.15) is 0 Å². The lowest BCUT2D eigenvalue weighted by atomic mass is 9.33. The first kappa shape index (κ1) is 79.5. The monoisotopic (exact) mass is 1820 g/mol. The van der Waals surface area contributed by atoms with Crippen molar-refractivity contribution < 1.29 is 0 Å². The fourth-order valence-electron chi connectivity index (χ4n) is 21.9. The molecule has 18 aromatic carbocycles. The van der Waals surface area contributed by atoms with Crippen molar-refractivity contribution in [2.45, 2.75) is 13.8 Å². The molecule has 9 heterocycles. The van der Waals surface area contributed by atoms with E-state index < -0.39 is 6.70 Å². The lowest BCUT2D eigenvalue weighted by Crippen LogP contribution is -2.58. The molecule has 0 N–H and O–H groups in total. The van der Waals surface area contributed by atoms with E-state index in [1.54, 1.807) is 0 Å². The van der Waals surface area contributed by atoms with Gasteiger partial charge in [0.05, 0.1) is 106 Å². The number of anilines is 3. The number of para-hydroxylation sites is 7. The van der Waals surface area contributed by atoms with Crippen LogP contribution in [0.15, 0.2) is 395 Å². The van der Waals surface area contributed by atoms with E-state index in [4.69, 9.17) is 60.7 Å². The van der Waals surface area contributed by atoms with Crippen LogP contribution in [0.5, 0.6) is 0 Å². The number of aryl methyl sites for hydroxylation is 2. The molecule has 0 saturated carbocycles. The lowest BCUT2D eigenvalue weighted by Gasteiger charge is -2.38. The van der Waals surface area contributed by atoms with Crippen molar-refractivity contribution in [3.8, 4) is 44.5 Å². The average molecular weight is 1820 g/mol. The minimum atomic E-state index is -1.39. The predicted octanol–water partition coefficient (Wildman–Crippen LogP) is 26.8. The first-order chi connectivity index (χ1) is 65.6. The fraction of sp³-hybridized carbons (Fsp3) is 0.0169. The van der Waals surface area contributed by atoms with Crippen molar-refractivity contribution in [1.82, 2.24) is 17.6 Å². The highest BCUT2D eigenvalue weighted by atomic mass is 32.4. The maximum Gasteiger partial charge on any atom is 0.250 e. The van der Waals surface area contributed by atoms with E-state index in [1.807, 2.05) is 132 Å². The Kier molecular flexibility index (Phi) is 18.0. The number of fused-ring (bicyclic) bond motifs is 18. The van der Waals surface area contributed by atoms with E-state index >= 15 is 0 Å².